The summed E-state index contributed by atoms with van der Waals surface area (Å²) in [6.45, 7) is 4.41. The van der Waals surface area contributed by atoms with E-state index in [1.165, 1.54) is 0 Å². The van der Waals surface area contributed by atoms with Crippen molar-refractivity contribution in [1.29, 1.82) is 0 Å². The summed E-state index contributed by atoms with van der Waals surface area (Å²) in [4.78, 5) is 4.43. The molecule has 0 amide bonds. The van der Waals surface area contributed by atoms with E-state index < -0.39 is 5.60 Å². The quantitative estimate of drug-likeness (QED) is 0.772. The van der Waals surface area contributed by atoms with Crippen LogP contribution in [0.5, 0.6) is 0 Å². The van der Waals surface area contributed by atoms with Crippen LogP contribution in [0.4, 0.5) is 0 Å². The van der Waals surface area contributed by atoms with Gasteiger partial charge in [0.2, 0.25) is 0 Å². The molecular formula is C15H23N3O. The number of hydrogen-bond acceptors (Lipinski definition) is 4. The van der Waals surface area contributed by atoms with Crippen molar-refractivity contribution >= 4 is 5.96 Å². The van der Waals surface area contributed by atoms with Gasteiger partial charge in [-0.2, -0.15) is 0 Å². The minimum absolute atomic E-state index is 0.651. The Morgan fingerprint density at radius 2 is 2.11 bits per heavy atom. The summed E-state index contributed by atoms with van der Waals surface area (Å²) in [7, 11) is 0. The first-order valence-electron chi connectivity index (χ1n) is 6.98. The van der Waals surface area contributed by atoms with Gasteiger partial charge in [-0.05, 0) is 31.7 Å². The highest BCUT2D eigenvalue weighted by atomic mass is 16.3. The second-order valence-corrected chi connectivity index (χ2v) is 5.18. The number of guanidine groups is 1. The van der Waals surface area contributed by atoms with Crippen molar-refractivity contribution in [1.82, 2.24) is 10.6 Å². The Morgan fingerprint density at radius 1 is 1.32 bits per heavy atom. The molecule has 0 aliphatic carbocycles. The average molecular weight is 261 g/mol. The summed E-state index contributed by atoms with van der Waals surface area (Å²) < 4.78 is 0. The molecule has 1 aromatic carbocycles. The van der Waals surface area contributed by atoms with Crippen molar-refractivity contribution in [3.8, 4) is 0 Å². The standard InChI is InChI=1S/C15H23N3O/c1-15(19,13-7-3-2-4-8-13)9-12-18-14-16-10-5-6-11-17-14/h2-4,7-8,19H,5-6,9-12H2,1H3,(H2,16,17,18)/t15-/m1/s1. The third kappa shape index (κ3) is 4.24. The molecular weight excluding hydrogens is 238 g/mol. The number of rotatable bonds is 4. The van der Waals surface area contributed by atoms with Gasteiger partial charge < -0.3 is 15.7 Å². The average Bonchev–Trinajstić information content (AvgIpc) is 2.68. The number of aliphatic hydroxyl groups is 1. The van der Waals surface area contributed by atoms with Gasteiger partial charge >= 0.3 is 0 Å². The summed E-state index contributed by atoms with van der Waals surface area (Å²) in [5.41, 5.74) is 0.145. The third-order valence-electron chi connectivity index (χ3n) is 3.45. The Labute approximate surface area is 114 Å². The van der Waals surface area contributed by atoms with Crippen molar-refractivity contribution in [2.45, 2.75) is 31.8 Å². The van der Waals surface area contributed by atoms with Crippen molar-refractivity contribution in [2.24, 2.45) is 4.99 Å². The van der Waals surface area contributed by atoms with Gasteiger partial charge in [0.1, 0.15) is 0 Å². The molecule has 0 spiro atoms. The van der Waals surface area contributed by atoms with E-state index >= 15 is 0 Å². The summed E-state index contributed by atoms with van der Waals surface area (Å²) >= 11 is 0. The second-order valence-electron chi connectivity index (χ2n) is 5.18. The van der Waals surface area contributed by atoms with Gasteiger partial charge in [0.05, 0.1) is 5.60 Å². The molecule has 0 bridgehead atoms. The zero-order valence-corrected chi connectivity index (χ0v) is 11.5. The Kier molecular flexibility index (Phi) is 4.80. The van der Waals surface area contributed by atoms with E-state index in [0.717, 1.165) is 37.5 Å². The smallest absolute Gasteiger partial charge is 0.191 e. The number of nitrogens with zero attached hydrogens (tertiary/aromatic N) is 1. The number of aliphatic imine (C=N–C) groups is 1. The SMILES string of the molecule is C[C@@](O)(CCNC1=NCCCCN1)c1ccccc1. The molecule has 2 rings (SSSR count). The Balaban J connectivity index is 1.83. The predicted molar refractivity (Wildman–Crippen MR) is 78.2 cm³/mol. The first-order valence-corrected chi connectivity index (χ1v) is 6.98. The zero-order valence-electron chi connectivity index (χ0n) is 11.5. The van der Waals surface area contributed by atoms with Gasteiger partial charge in [0.15, 0.2) is 5.96 Å². The van der Waals surface area contributed by atoms with Crippen LogP contribution in [-0.4, -0.2) is 30.7 Å². The lowest BCUT2D eigenvalue weighted by molar-refractivity contribution is 0.0492. The van der Waals surface area contributed by atoms with Crippen LogP contribution in [0.25, 0.3) is 0 Å². The molecule has 1 aromatic rings. The van der Waals surface area contributed by atoms with Crippen LogP contribution in [0, 0.1) is 0 Å². The molecule has 4 nitrogen and oxygen atoms in total. The zero-order chi connectivity index (χ0) is 13.6. The van der Waals surface area contributed by atoms with Crippen LogP contribution in [0.3, 0.4) is 0 Å². The van der Waals surface area contributed by atoms with Gasteiger partial charge in [-0.1, -0.05) is 30.3 Å². The van der Waals surface area contributed by atoms with Crippen molar-refractivity contribution in [3.05, 3.63) is 35.9 Å². The minimum atomic E-state index is -0.806. The van der Waals surface area contributed by atoms with Crippen LogP contribution in [-0.2, 0) is 5.60 Å². The number of hydrogen-bond donors (Lipinski definition) is 3. The van der Waals surface area contributed by atoms with E-state index in [9.17, 15) is 5.11 Å². The van der Waals surface area contributed by atoms with E-state index in [1.807, 2.05) is 37.3 Å². The maximum atomic E-state index is 10.5. The van der Waals surface area contributed by atoms with E-state index in [4.69, 9.17) is 0 Å². The Morgan fingerprint density at radius 3 is 2.89 bits per heavy atom. The maximum absolute atomic E-state index is 10.5. The Hall–Kier alpha value is -1.55. The van der Waals surface area contributed by atoms with Gasteiger partial charge in [-0.3, -0.25) is 4.99 Å². The highest BCUT2D eigenvalue weighted by Crippen LogP contribution is 2.23. The molecule has 0 saturated carbocycles. The highest BCUT2D eigenvalue weighted by Gasteiger charge is 2.22. The maximum Gasteiger partial charge on any atom is 0.191 e. The summed E-state index contributed by atoms with van der Waals surface area (Å²) in [6.07, 6.45) is 2.95. The molecule has 1 atom stereocenters. The van der Waals surface area contributed by atoms with Gasteiger partial charge in [-0.25, -0.2) is 0 Å². The molecule has 104 valence electrons. The molecule has 4 heteroatoms. The Bertz CT molecular complexity index is 415. The first-order chi connectivity index (χ1) is 9.18. The molecule has 1 aliphatic heterocycles. The molecule has 1 heterocycles. The number of benzene rings is 1. The first kappa shape index (κ1) is 13.9. The molecule has 0 radical (unpaired) electrons. The molecule has 3 N–H and O–H groups in total. The van der Waals surface area contributed by atoms with E-state index in [0.29, 0.717) is 13.0 Å². The fourth-order valence-electron chi connectivity index (χ4n) is 2.17. The van der Waals surface area contributed by atoms with Crippen LogP contribution in [0.2, 0.25) is 0 Å². The largest absolute Gasteiger partial charge is 0.385 e. The normalized spacial score (nSPS) is 18.7. The van der Waals surface area contributed by atoms with Crippen LogP contribution >= 0.6 is 0 Å². The summed E-state index contributed by atoms with van der Waals surface area (Å²) in [6, 6.07) is 9.78. The van der Waals surface area contributed by atoms with Gasteiger partial charge in [-0.15, -0.1) is 0 Å². The van der Waals surface area contributed by atoms with Gasteiger partial charge in [0.25, 0.3) is 0 Å². The second kappa shape index (κ2) is 6.57. The summed E-state index contributed by atoms with van der Waals surface area (Å²) in [5.74, 6) is 0.862. The van der Waals surface area contributed by atoms with Crippen LogP contribution in [0.15, 0.2) is 35.3 Å². The lowest BCUT2D eigenvalue weighted by Crippen LogP contribution is -2.39. The summed E-state index contributed by atoms with van der Waals surface area (Å²) in [5, 5.41) is 17.0. The van der Waals surface area contributed by atoms with E-state index in [2.05, 4.69) is 15.6 Å². The van der Waals surface area contributed by atoms with E-state index in [-0.39, 0.29) is 0 Å². The molecule has 0 saturated heterocycles. The fourth-order valence-corrected chi connectivity index (χ4v) is 2.17. The van der Waals surface area contributed by atoms with Crippen LogP contribution < -0.4 is 10.6 Å². The lowest BCUT2D eigenvalue weighted by Gasteiger charge is -2.24. The molecule has 19 heavy (non-hydrogen) atoms. The molecule has 0 unspecified atom stereocenters. The van der Waals surface area contributed by atoms with Gasteiger partial charge in [0, 0.05) is 19.6 Å². The van der Waals surface area contributed by atoms with Crippen molar-refractivity contribution in [3.63, 3.8) is 0 Å². The third-order valence-corrected chi connectivity index (χ3v) is 3.45. The minimum Gasteiger partial charge on any atom is -0.385 e. The monoisotopic (exact) mass is 261 g/mol. The van der Waals surface area contributed by atoms with Crippen molar-refractivity contribution in [2.75, 3.05) is 19.6 Å². The molecule has 0 fully saturated rings. The topological polar surface area (TPSA) is 56.6 Å². The fraction of sp³-hybridized carbons (Fsp3) is 0.533. The molecule has 0 aromatic heterocycles. The molecule has 1 aliphatic rings. The van der Waals surface area contributed by atoms with E-state index in [1.54, 1.807) is 0 Å². The van der Waals surface area contributed by atoms with Crippen molar-refractivity contribution < 1.29 is 5.11 Å². The number of nitrogens with one attached hydrogen (secondary N) is 2. The lowest BCUT2D eigenvalue weighted by atomic mass is 9.93. The highest BCUT2D eigenvalue weighted by molar-refractivity contribution is 5.79. The van der Waals surface area contributed by atoms with Crippen LogP contribution in [0.1, 0.15) is 31.7 Å². The predicted octanol–water partition coefficient (Wildman–Crippen LogP) is 1.61.